The number of halogens is 3. The van der Waals surface area contributed by atoms with Crippen molar-refractivity contribution >= 4 is 64.1 Å². The summed E-state index contributed by atoms with van der Waals surface area (Å²) in [4.78, 5) is 24.8. The molecule has 2 amide bonds. The van der Waals surface area contributed by atoms with E-state index in [0.717, 1.165) is 5.56 Å². The molecule has 0 unspecified atom stereocenters. The molecule has 32 heavy (non-hydrogen) atoms. The molecule has 0 saturated heterocycles. The SMILES string of the molecule is CC1=NN(c2ccccc2)C(=O)/C1=C/c1ccc(O[C@@H](NC(=O)C(C)C)C(Cl)(Cl)Cl)cc1. The van der Waals surface area contributed by atoms with Crippen LogP contribution in [0.4, 0.5) is 5.69 Å². The normalized spacial score (nSPS) is 16.3. The van der Waals surface area contributed by atoms with Crippen LogP contribution in [0.15, 0.2) is 65.3 Å². The first-order chi connectivity index (χ1) is 15.1. The Balaban J connectivity index is 1.75. The first-order valence-corrected chi connectivity index (χ1v) is 11.0. The Hall–Kier alpha value is -2.54. The van der Waals surface area contributed by atoms with E-state index in [1.165, 1.54) is 5.01 Å². The summed E-state index contributed by atoms with van der Waals surface area (Å²) in [6, 6.07) is 16.1. The van der Waals surface area contributed by atoms with Crippen LogP contribution < -0.4 is 15.1 Å². The van der Waals surface area contributed by atoms with Crippen molar-refractivity contribution in [3.63, 3.8) is 0 Å². The molecule has 2 aromatic carbocycles. The van der Waals surface area contributed by atoms with Crippen LogP contribution in [0, 0.1) is 5.92 Å². The first-order valence-electron chi connectivity index (χ1n) is 9.87. The van der Waals surface area contributed by atoms with Crippen LogP contribution in [0.2, 0.25) is 0 Å². The number of hydrazone groups is 1. The van der Waals surface area contributed by atoms with Gasteiger partial charge in [-0.2, -0.15) is 10.1 Å². The van der Waals surface area contributed by atoms with Gasteiger partial charge in [0.2, 0.25) is 15.9 Å². The number of hydrogen-bond acceptors (Lipinski definition) is 4. The molecule has 1 N–H and O–H groups in total. The number of carbonyl (C=O) groups excluding carboxylic acids is 2. The maximum absolute atomic E-state index is 12.8. The van der Waals surface area contributed by atoms with Crippen molar-refractivity contribution in [3.05, 3.63) is 65.7 Å². The van der Waals surface area contributed by atoms with Crippen molar-refractivity contribution < 1.29 is 14.3 Å². The van der Waals surface area contributed by atoms with Gasteiger partial charge in [-0.15, -0.1) is 0 Å². The van der Waals surface area contributed by atoms with E-state index in [9.17, 15) is 9.59 Å². The second-order valence-electron chi connectivity index (χ2n) is 7.47. The van der Waals surface area contributed by atoms with Gasteiger partial charge >= 0.3 is 0 Å². The fraction of sp³-hybridized carbons (Fsp3) is 0.261. The predicted octanol–water partition coefficient (Wildman–Crippen LogP) is 5.34. The third-order valence-electron chi connectivity index (χ3n) is 4.60. The largest absolute Gasteiger partial charge is 0.466 e. The molecule has 1 aliphatic heterocycles. The average molecular weight is 495 g/mol. The van der Waals surface area contributed by atoms with Crippen molar-refractivity contribution in [2.75, 3.05) is 5.01 Å². The van der Waals surface area contributed by atoms with Gasteiger partial charge in [0.1, 0.15) is 5.75 Å². The van der Waals surface area contributed by atoms with Crippen LogP contribution in [-0.2, 0) is 9.59 Å². The van der Waals surface area contributed by atoms with Crippen molar-refractivity contribution in [1.82, 2.24) is 5.32 Å². The topological polar surface area (TPSA) is 71.0 Å². The number of nitrogens with zero attached hydrogens (tertiary/aromatic N) is 2. The zero-order valence-corrected chi connectivity index (χ0v) is 19.9. The highest BCUT2D eigenvalue weighted by molar-refractivity contribution is 6.68. The van der Waals surface area contributed by atoms with E-state index in [-0.39, 0.29) is 17.7 Å². The maximum Gasteiger partial charge on any atom is 0.280 e. The Morgan fingerprint density at radius 3 is 2.28 bits per heavy atom. The lowest BCUT2D eigenvalue weighted by Gasteiger charge is -2.27. The lowest BCUT2D eigenvalue weighted by Crippen LogP contribution is -2.49. The monoisotopic (exact) mass is 493 g/mol. The van der Waals surface area contributed by atoms with Crippen LogP contribution in [-0.4, -0.2) is 27.5 Å². The smallest absolute Gasteiger partial charge is 0.280 e. The van der Waals surface area contributed by atoms with Crippen molar-refractivity contribution in [2.24, 2.45) is 11.0 Å². The zero-order chi connectivity index (χ0) is 23.5. The lowest BCUT2D eigenvalue weighted by atomic mass is 10.1. The van der Waals surface area contributed by atoms with E-state index in [4.69, 9.17) is 39.5 Å². The number of para-hydroxylation sites is 1. The number of amides is 2. The van der Waals surface area contributed by atoms with Crippen molar-refractivity contribution in [3.8, 4) is 5.75 Å². The summed E-state index contributed by atoms with van der Waals surface area (Å²) in [6.07, 6.45) is 0.581. The van der Waals surface area contributed by atoms with E-state index in [1.807, 2.05) is 30.3 Å². The van der Waals surface area contributed by atoms with Crippen LogP contribution in [0.3, 0.4) is 0 Å². The van der Waals surface area contributed by atoms with Crippen molar-refractivity contribution in [2.45, 2.75) is 30.8 Å². The number of rotatable bonds is 6. The fourth-order valence-electron chi connectivity index (χ4n) is 2.85. The van der Waals surface area contributed by atoms with Crippen LogP contribution >= 0.6 is 34.8 Å². The van der Waals surface area contributed by atoms with Gasteiger partial charge in [-0.25, -0.2) is 0 Å². The highest BCUT2D eigenvalue weighted by atomic mass is 35.6. The molecule has 0 aliphatic carbocycles. The number of anilines is 1. The second kappa shape index (κ2) is 9.94. The minimum Gasteiger partial charge on any atom is -0.466 e. The van der Waals surface area contributed by atoms with Gasteiger partial charge in [0.05, 0.1) is 17.0 Å². The molecule has 0 saturated carbocycles. The molecule has 0 spiro atoms. The van der Waals surface area contributed by atoms with E-state index in [2.05, 4.69) is 10.4 Å². The van der Waals surface area contributed by atoms with Crippen LogP contribution in [0.25, 0.3) is 6.08 Å². The minimum atomic E-state index is -1.87. The third kappa shape index (κ3) is 5.82. The standard InChI is InChI=1S/C23H22Cl3N3O3/c1-14(2)20(30)27-22(23(24,25)26)32-18-11-9-16(10-12-18)13-19-15(3)28-29(21(19)31)17-7-5-4-6-8-17/h4-14,22H,1-3H3,(H,27,30)/b19-13+/t22-/m1/s1. The molecule has 168 valence electrons. The number of carbonyl (C=O) groups is 2. The molecule has 0 fully saturated rings. The highest BCUT2D eigenvalue weighted by Gasteiger charge is 2.36. The number of nitrogens with one attached hydrogen (secondary N) is 1. The molecular weight excluding hydrogens is 473 g/mol. The zero-order valence-electron chi connectivity index (χ0n) is 17.7. The molecule has 0 bridgehead atoms. The summed E-state index contributed by atoms with van der Waals surface area (Å²) >= 11 is 17.9. The lowest BCUT2D eigenvalue weighted by molar-refractivity contribution is -0.126. The highest BCUT2D eigenvalue weighted by Crippen LogP contribution is 2.32. The molecule has 6 nitrogen and oxygen atoms in total. The number of benzene rings is 2. The molecule has 1 aliphatic rings. The van der Waals surface area contributed by atoms with Gasteiger partial charge in [-0.05, 0) is 42.8 Å². The summed E-state index contributed by atoms with van der Waals surface area (Å²) in [5.74, 6) is -0.421. The van der Waals surface area contributed by atoms with Gasteiger partial charge in [-0.3, -0.25) is 9.59 Å². The summed E-state index contributed by atoms with van der Waals surface area (Å²) in [6.45, 7) is 5.23. The predicted molar refractivity (Wildman–Crippen MR) is 129 cm³/mol. The quantitative estimate of drug-likeness (QED) is 0.335. The van der Waals surface area contributed by atoms with E-state index >= 15 is 0 Å². The Morgan fingerprint density at radius 1 is 1.09 bits per heavy atom. The molecule has 2 aromatic rings. The van der Waals surface area contributed by atoms with Gasteiger partial charge in [-0.1, -0.05) is 79.0 Å². The van der Waals surface area contributed by atoms with E-state index in [1.54, 1.807) is 51.1 Å². The molecule has 1 heterocycles. The minimum absolute atomic E-state index is 0.207. The van der Waals surface area contributed by atoms with Gasteiger partial charge in [0.25, 0.3) is 5.91 Å². The molecule has 3 rings (SSSR count). The number of hydrogen-bond donors (Lipinski definition) is 1. The summed E-state index contributed by atoms with van der Waals surface area (Å²) in [7, 11) is 0. The molecular formula is C23H22Cl3N3O3. The molecule has 0 radical (unpaired) electrons. The number of alkyl halides is 3. The average Bonchev–Trinajstić information content (AvgIpc) is 3.02. The van der Waals surface area contributed by atoms with Gasteiger partial charge in [0, 0.05) is 5.92 Å². The molecule has 1 atom stereocenters. The molecule has 0 aromatic heterocycles. The number of ether oxygens (including phenoxy) is 1. The Labute approximate surface area is 201 Å². The molecule has 9 heteroatoms. The summed E-state index contributed by atoms with van der Waals surface area (Å²) in [5, 5.41) is 8.32. The third-order valence-corrected chi connectivity index (χ3v) is 5.20. The second-order valence-corrected chi connectivity index (χ2v) is 9.84. The van der Waals surface area contributed by atoms with Gasteiger partial charge in [0.15, 0.2) is 0 Å². The van der Waals surface area contributed by atoms with E-state index < -0.39 is 10.0 Å². The maximum atomic E-state index is 12.8. The fourth-order valence-corrected chi connectivity index (χ4v) is 3.15. The summed E-state index contributed by atoms with van der Waals surface area (Å²) < 4.78 is 3.83. The van der Waals surface area contributed by atoms with Gasteiger partial charge < -0.3 is 10.1 Å². The van der Waals surface area contributed by atoms with Crippen LogP contribution in [0.1, 0.15) is 26.3 Å². The Bertz CT molecular complexity index is 1050. The Kier molecular flexibility index (Phi) is 7.49. The first kappa shape index (κ1) is 24.1. The van der Waals surface area contributed by atoms with Crippen molar-refractivity contribution in [1.29, 1.82) is 0 Å². The van der Waals surface area contributed by atoms with Crippen LogP contribution in [0.5, 0.6) is 5.75 Å². The Morgan fingerprint density at radius 2 is 1.72 bits per heavy atom. The van der Waals surface area contributed by atoms with E-state index in [0.29, 0.717) is 22.7 Å². The summed E-state index contributed by atoms with van der Waals surface area (Å²) in [5.41, 5.74) is 2.57.